The molecule has 142 valence electrons. The zero-order valence-corrected chi connectivity index (χ0v) is 15.6. The van der Waals surface area contributed by atoms with Crippen LogP contribution in [0.15, 0.2) is 71.3 Å². The largest absolute Gasteiger partial charge is 0.465 e. The van der Waals surface area contributed by atoms with Gasteiger partial charge in [0.1, 0.15) is 5.76 Å². The molecular formula is C21H18ClN3O3. The number of halogens is 1. The minimum Gasteiger partial charge on any atom is -0.465 e. The number of benzene rings is 2. The first-order valence-electron chi connectivity index (χ1n) is 8.88. The standard InChI is InChI=1S/C21H18ClN3O3/c22-15-9-10-17-16(13-15)21(27)25(20(23-17)18-7-4-12-28-18)24-19(26)11-8-14-5-2-1-3-6-14/h1-7,9-10,12-13,20,23H,8,11H2,(H,24,26). The molecule has 0 bridgehead atoms. The van der Waals surface area contributed by atoms with Crippen molar-refractivity contribution >= 4 is 29.1 Å². The number of hydrogen-bond donors (Lipinski definition) is 2. The second-order valence-corrected chi connectivity index (χ2v) is 6.88. The van der Waals surface area contributed by atoms with Gasteiger partial charge < -0.3 is 9.73 Å². The Morgan fingerprint density at radius 2 is 1.96 bits per heavy atom. The lowest BCUT2D eigenvalue weighted by molar-refractivity contribution is -0.125. The van der Waals surface area contributed by atoms with E-state index in [4.69, 9.17) is 16.0 Å². The van der Waals surface area contributed by atoms with Crippen molar-refractivity contribution in [2.45, 2.75) is 19.0 Å². The zero-order valence-electron chi connectivity index (χ0n) is 14.9. The molecule has 0 fully saturated rings. The van der Waals surface area contributed by atoms with Crippen LogP contribution < -0.4 is 10.7 Å². The molecule has 2 amide bonds. The summed E-state index contributed by atoms with van der Waals surface area (Å²) >= 11 is 6.04. The number of hydrazine groups is 1. The summed E-state index contributed by atoms with van der Waals surface area (Å²) in [5, 5.41) is 4.92. The normalized spacial score (nSPS) is 15.7. The lowest BCUT2D eigenvalue weighted by Gasteiger charge is -2.36. The van der Waals surface area contributed by atoms with E-state index >= 15 is 0 Å². The second-order valence-electron chi connectivity index (χ2n) is 6.45. The molecule has 2 N–H and O–H groups in total. The number of amides is 2. The van der Waals surface area contributed by atoms with Crippen LogP contribution in [0.2, 0.25) is 5.02 Å². The first-order chi connectivity index (χ1) is 13.6. The molecule has 0 saturated carbocycles. The number of nitrogens with zero attached hydrogens (tertiary/aromatic N) is 1. The molecule has 1 aliphatic heterocycles. The van der Waals surface area contributed by atoms with Crippen molar-refractivity contribution in [2.24, 2.45) is 0 Å². The Kier molecular flexibility index (Phi) is 5.04. The van der Waals surface area contributed by atoms with Crippen molar-refractivity contribution in [1.29, 1.82) is 0 Å². The van der Waals surface area contributed by atoms with Crippen molar-refractivity contribution in [3.05, 3.63) is 88.8 Å². The molecule has 7 heteroatoms. The first kappa shape index (κ1) is 18.1. The van der Waals surface area contributed by atoms with Crippen LogP contribution in [-0.4, -0.2) is 16.8 Å². The fraction of sp³-hybridized carbons (Fsp3) is 0.143. The van der Waals surface area contributed by atoms with E-state index in [9.17, 15) is 9.59 Å². The van der Waals surface area contributed by atoms with E-state index in [1.54, 1.807) is 30.3 Å². The monoisotopic (exact) mass is 395 g/mol. The average molecular weight is 396 g/mol. The molecule has 0 spiro atoms. The van der Waals surface area contributed by atoms with E-state index < -0.39 is 6.17 Å². The number of fused-ring (bicyclic) bond motifs is 1. The van der Waals surface area contributed by atoms with Gasteiger partial charge >= 0.3 is 0 Å². The number of aryl methyl sites for hydroxylation is 1. The fourth-order valence-electron chi connectivity index (χ4n) is 3.13. The number of furan rings is 1. The van der Waals surface area contributed by atoms with E-state index in [1.165, 1.54) is 11.3 Å². The smallest absolute Gasteiger partial charge is 0.276 e. The molecule has 1 atom stereocenters. The second kappa shape index (κ2) is 7.78. The van der Waals surface area contributed by atoms with E-state index in [0.29, 0.717) is 28.5 Å². The Bertz CT molecular complexity index is 989. The van der Waals surface area contributed by atoms with Crippen LogP contribution in [0, 0.1) is 0 Å². The molecule has 2 heterocycles. The summed E-state index contributed by atoms with van der Waals surface area (Å²) in [4.78, 5) is 25.6. The summed E-state index contributed by atoms with van der Waals surface area (Å²) in [6.07, 6.45) is 1.70. The third-order valence-corrected chi connectivity index (χ3v) is 4.76. The number of anilines is 1. The van der Waals surface area contributed by atoms with Crippen LogP contribution >= 0.6 is 11.6 Å². The van der Waals surface area contributed by atoms with Gasteiger partial charge in [0.05, 0.1) is 11.8 Å². The molecule has 1 aromatic heterocycles. The summed E-state index contributed by atoms with van der Waals surface area (Å²) in [6.45, 7) is 0. The quantitative estimate of drug-likeness (QED) is 0.680. The maximum Gasteiger partial charge on any atom is 0.276 e. The third kappa shape index (κ3) is 3.73. The van der Waals surface area contributed by atoms with Gasteiger partial charge in [-0.25, -0.2) is 5.01 Å². The number of carbonyl (C=O) groups excluding carboxylic acids is 2. The molecule has 1 unspecified atom stereocenters. The lowest BCUT2D eigenvalue weighted by Crippen LogP contribution is -2.52. The molecule has 28 heavy (non-hydrogen) atoms. The molecule has 0 saturated heterocycles. The highest BCUT2D eigenvalue weighted by molar-refractivity contribution is 6.31. The van der Waals surface area contributed by atoms with Gasteiger partial charge in [-0.05, 0) is 42.3 Å². The van der Waals surface area contributed by atoms with Crippen LogP contribution in [0.5, 0.6) is 0 Å². The van der Waals surface area contributed by atoms with Gasteiger partial charge in [0.2, 0.25) is 5.91 Å². The maximum atomic E-state index is 13.1. The van der Waals surface area contributed by atoms with Crippen LogP contribution in [0.3, 0.4) is 0 Å². The SMILES string of the molecule is O=C(CCc1ccccc1)NN1C(=O)c2cc(Cl)ccc2NC1c1ccco1. The van der Waals surface area contributed by atoms with Gasteiger partial charge in [0, 0.05) is 17.1 Å². The van der Waals surface area contributed by atoms with Crippen molar-refractivity contribution < 1.29 is 14.0 Å². The predicted octanol–water partition coefficient (Wildman–Crippen LogP) is 4.16. The van der Waals surface area contributed by atoms with Gasteiger partial charge in [0.25, 0.3) is 5.91 Å². The predicted molar refractivity (Wildman–Crippen MR) is 106 cm³/mol. The molecule has 0 radical (unpaired) electrons. The molecule has 0 aliphatic carbocycles. The van der Waals surface area contributed by atoms with E-state index in [0.717, 1.165) is 5.56 Å². The van der Waals surface area contributed by atoms with Gasteiger partial charge in [-0.15, -0.1) is 0 Å². The Labute approximate surface area is 167 Å². The zero-order chi connectivity index (χ0) is 19.5. The molecule has 4 rings (SSSR count). The van der Waals surface area contributed by atoms with Crippen molar-refractivity contribution in [2.75, 3.05) is 5.32 Å². The summed E-state index contributed by atoms with van der Waals surface area (Å²) in [6, 6.07) is 18.2. The average Bonchev–Trinajstić information content (AvgIpc) is 3.24. The Balaban J connectivity index is 1.55. The Hall–Kier alpha value is -3.25. The molecule has 2 aromatic carbocycles. The van der Waals surface area contributed by atoms with E-state index in [2.05, 4.69) is 10.7 Å². The summed E-state index contributed by atoms with van der Waals surface area (Å²) in [5.74, 6) is -0.107. The maximum absolute atomic E-state index is 13.1. The van der Waals surface area contributed by atoms with Crippen molar-refractivity contribution in [3.8, 4) is 0 Å². The summed E-state index contributed by atoms with van der Waals surface area (Å²) < 4.78 is 5.47. The first-order valence-corrected chi connectivity index (χ1v) is 9.26. The van der Waals surface area contributed by atoms with E-state index in [-0.39, 0.29) is 18.2 Å². The van der Waals surface area contributed by atoms with E-state index in [1.807, 2.05) is 30.3 Å². The molecular weight excluding hydrogens is 378 g/mol. The van der Waals surface area contributed by atoms with Crippen LogP contribution in [0.4, 0.5) is 5.69 Å². The Morgan fingerprint density at radius 3 is 2.71 bits per heavy atom. The molecule has 3 aromatic rings. The minimum absolute atomic E-state index is 0.251. The van der Waals surface area contributed by atoms with Gasteiger partial charge in [-0.3, -0.25) is 15.0 Å². The minimum atomic E-state index is -0.656. The van der Waals surface area contributed by atoms with Gasteiger partial charge in [0.15, 0.2) is 6.17 Å². The molecule has 1 aliphatic rings. The van der Waals surface area contributed by atoms with Crippen LogP contribution in [0.25, 0.3) is 0 Å². The summed E-state index contributed by atoms with van der Waals surface area (Å²) in [5.41, 5.74) is 4.79. The van der Waals surface area contributed by atoms with Crippen molar-refractivity contribution in [3.63, 3.8) is 0 Å². The van der Waals surface area contributed by atoms with Gasteiger partial charge in [-0.1, -0.05) is 41.9 Å². The van der Waals surface area contributed by atoms with Crippen LogP contribution in [-0.2, 0) is 11.2 Å². The third-order valence-electron chi connectivity index (χ3n) is 4.52. The Morgan fingerprint density at radius 1 is 1.14 bits per heavy atom. The number of hydrogen-bond acceptors (Lipinski definition) is 4. The van der Waals surface area contributed by atoms with Gasteiger partial charge in [-0.2, -0.15) is 0 Å². The highest BCUT2D eigenvalue weighted by Gasteiger charge is 2.36. The topological polar surface area (TPSA) is 74.6 Å². The number of carbonyl (C=O) groups is 2. The highest BCUT2D eigenvalue weighted by Crippen LogP contribution is 2.33. The number of nitrogens with one attached hydrogen (secondary N) is 2. The lowest BCUT2D eigenvalue weighted by atomic mass is 10.1. The van der Waals surface area contributed by atoms with Crippen LogP contribution in [0.1, 0.15) is 34.3 Å². The summed E-state index contributed by atoms with van der Waals surface area (Å²) in [7, 11) is 0. The highest BCUT2D eigenvalue weighted by atomic mass is 35.5. The number of rotatable bonds is 5. The fourth-order valence-corrected chi connectivity index (χ4v) is 3.30. The molecule has 6 nitrogen and oxygen atoms in total. The van der Waals surface area contributed by atoms with Crippen molar-refractivity contribution in [1.82, 2.24) is 10.4 Å².